The number of carbonyl (C=O) groups is 2. The number of hydrogen-bond donors (Lipinski definition) is 6. The number of unbranched alkanes of at least 4 members (excludes halogenated alkanes) is 1. The van der Waals surface area contributed by atoms with Crippen LogP contribution in [0.2, 0.25) is 10.0 Å². The maximum Gasteiger partial charge on any atom is 0.335 e. The second-order valence-electron chi connectivity index (χ2n) is 14.7. The Bertz CT molecular complexity index is 1760. The molecule has 14 heteroatoms. The van der Waals surface area contributed by atoms with Gasteiger partial charge in [-0.15, -0.1) is 0 Å². The smallest absolute Gasteiger partial charge is 0.335 e. The van der Waals surface area contributed by atoms with Gasteiger partial charge in [-0.05, 0) is 98.7 Å². The first-order valence-corrected chi connectivity index (χ1v) is 19.5. The number of carboxylic acid groups (broad SMARTS) is 1. The molecule has 1 amide bonds. The van der Waals surface area contributed by atoms with E-state index in [1.165, 1.54) is 0 Å². The average molecular weight is 787 g/mol. The molecule has 12 nitrogen and oxygen atoms in total. The molecular formula is C40H49Cl2N3O9. The molecule has 292 valence electrons. The molecule has 0 radical (unpaired) electrons. The molecule has 0 spiro atoms. The standard InChI is InChI=1S/C40H49Cl2N3O9/c41-31-20-25(23-53-40(14-15-40)30-21-43-16-11-28(30)29-6-2-3-7-34(29)54-27-9-10-27)32(42)19-24(31)5-1-4-8-35(47)45-17-12-26(13-18-45)44-22-33(46)36(48)37(49)38(50)39(51)52/h2-3,6-7,11,16,19-21,26-27,33,36-38,44,46,48-50H,1,4-5,8-10,12-15,17-18,22-23H2,(H,51,52)/t33-,36+,37-,38-/m1/s1. The molecule has 0 bridgehead atoms. The highest BCUT2D eigenvalue weighted by atomic mass is 35.5. The number of nitrogens with zero attached hydrogens (tertiary/aromatic N) is 2. The lowest BCUT2D eigenvalue weighted by Gasteiger charge is -2.33. The zero-order valence-corrected chi connectivity index (χ0v) is 31.6. The molecule has 2 aromatic carbocycles. The van der Waals surface area contributed by atoms with Crippen molar-refractivity contribution in [2.75, 3.05) is 19.6 Å². The Balaban J connectivity index is 0.935. The lowest BCUT2D eigenvalue weighted by molar-refractivity contribution is -0.162. The van der Waals surface area contributed by atoms with Crippen molar-refractivity contribution in [3.8, 4) is 16.9 Å². The van der Waals surface area contributed by atoms with E-state index in [1.807, 2.05) is 47.5 Å². The third-order valence-electron chi connectivity index (χ3n) is 10.6. The molecule has 0 unspecified atom stereocenters. The molecule has 2 heterocycles. The van der Waals surface area contributed by atoms with Crippen LogP contribution in [0.5, 0.6) is 5.75 Å². The minimum absolute atomic E-state index is 0.0328. The Morgan fingerprint density at radius 1 is 0.926 bits per heavy atom. The summed E-state index contributed by atoms with van der Waals surface area (Å²) in [6.45, 7) is 1.26. The van der Waals surface area contributed by atoms with Gasteiger partial charge in [0.15, 0.2) is 6.10 Å². The zero-order valence-electron chi connectivity index (χ0n) is 30.1. The molecule has 1 saturated heterocycles. The van der Waals surface area contributed by atoms with Gasteiger partial charge < -0.3 is 45.2 Å². The second kappa shape index (κ2) is 18.1. The molecule has 1 aromatic heterocycles. The number of aliphatic carboxylic acids is 1. The van der Waals surface area contributed by atoms with E-state index in [2.05, 4.69) is 16.4 Å². The highest BCUT2D eigenvalue weighted by Crippen LogP contribution is 2.53. The Morgan fingerprint density at radius 2 is 1.63 bits per heavy atom. The lowest BCUT2D eigenvalue weighted by Crippen LogP contribution is -2.52. The van der Waals surface area contributed by atoms with E-state index < -0.39 is 36.0 Å². The average Bonchev–Trinajstić information content (AvgIpc) is 4.13. The van der Waals surface area contributed by atoms with Crippen LogP contribution >= 0.6 is 23.2 Å². The topological polar surface area (TPSA) is 182 Å². The summed E-state index contributed by atoms with van der Waals surface area (Å²) in [6.07, 6.45) is 4.14. The van der Waals surface area contributed by atoms with E-state index in [9.17, 15) is 30.0 Å². The number of aryl methyl sites for hydroxylation is 1. The minimum Gasteiger partial charge on any atom is -0.490 e. The fraction of sp³-hybridized carbons (Fsp3) is 0.525. The first kappa shape index (κ1) is 40.3. The van der Waals surface area contributed by atoms with Gasteiger partial charge in [0.1, 0.15) is 18.0 Å². The fourth-order valence-corrected chi connectivity index (χ4v) is 7.48. The summed E-state index contributed by atoms with van der Waals surface area (Å²) in [6, 6.07) is 13.9. The van der Waals surface area contributed by atoms with Crippen molar-refractivity contribution in [1.82, 2.24) is 15.2 Å². The van der Waals surface area contributed by atoms with Gasteiger partial charge in [-0.25, -0.2) is 4.79 Å². The minimum atomic E-state index is -2.21. The number of likely N-dealkylation sites (tertiary alicyclic amines) is 1. The van der Waals surface area contributed by atoms with E-state index in [4.69, 9.17) is 37.8 Å². The molecule has 3 aromatic rings. The Labute approximate surface area is 325 Å². The van der Waals surface area contributed by atoms with Crippen molar-refractivity contribution in [3.63, 3.8) is 0 Å². The van der Waals surface area contributed by atoms with Crippen LogP contribution in [0.3, 0.4) is 0 Å². The van der Waals surface area contributed by atoms with Gasteiger partial charge >= 0.3 is 5.97 Å². The number of carbonyl (C=O) groups excluding carboxylic acids is 1. The van der Waals surface area contributed by atoms with E-state index in [-0.39, 0.29) is 24.6 Å². The van der Waals surface area contributed by atoms with Crippen molar-refractivity contribution >= 4 is 35.1 Å². The molecule has 6 rings (SSSR count). The number of carboxylic acids is 1. The number of aliphatic hydroxyl groups excluding tert-OH is 4. The predicted octanol–water partition coefficient (Wildman–Crippen LogP) is 4.62. The second-order valence-corrected chi connectivity index (χ2v) is 15.5. The lowest BCUT2D eigenvalue weighted by atomic mass is 9.96. The van der Waals surface area contributed by atoms with E-state index in [0.29, 0.717) is 61.8 Å². The number of benzene rings is 2. The SMILES string of the molecule is O=C(O)[C@H](O)[C@H](O)[C@@H](O)[C@H](O)CNC1CCN(C(=O)CCCCc2cc(Cl)c(COC3(c4cnccc4-c4ccccc4OC4CC4)CC3)cc2Cl)CC1. The number of aromatic nitrogens is 1. The number of nitrogens with one attached hydrogen (secondary N) is 1. The number of ether oxygens (including phenoxy) is 2. The maximum atomic E-state index is 12.9. The third kappa shape index (κ3) is 10.1. The van der Waals surface area contributed by atoms with Gasteiger partial charge in [0.2, 0.25) is 5.91 Å². The van der Waals surface area contributed by atoms with Crippen LogP contribution in [-0.2, 0) is 33.0 Å². The van der Waals surface area contributed by atoms with Gasteiger partial charge in [0.05, 0.1) is 24.4 Å². The number of piperidine rings is 1. The van der Waals surface area contributed by atoms with Crippen molar-refractivity contribution in [2.24, 2.45) is 0 Å². The molecule has 3 aliphatic rings. The summed E-state index contributed by atoms with van der Waals surface area (Å²) in [5, 5.41) is 52.3. The molecular weight excluding hydrogens is 737 g/mol. The molecule has 2 saturated carbocycles. The Morgan fingerprint density at radius 3 is 2.33 bits per heavy atom. The van der Waals surface area contributed by atoms with Crippen molar-refractivity contribution in [2.45, 2.75) is 113 Å². The van der Waals surface area contributed by atoms with Gasteiger partial charge in [-0.1, -0.05) is 41.4 Å². The summed E-state index contributed by atoms with van der Waals surface area (Å²) in [4.78, 5) is 30.0. The van der Waals surface area contributed by atoms with Gasteiger partial charge in [0.25, 0.3) is 0 Å². The van der Waals surface area contributed by atoms with Gasteiger partial charge in [0, 0.05) is 65.7 Å². The highest BCUT2D eigenvalue weighted by Gasteiger charge is 2.48. The quantitative estimate of drug-likeness (QED) is 0.0934. The maximum absolute atomic E-state index is 12.9. The molecule has 4 atom stereocenters. The van der Waals surface area contributed by atoms with Crippen molar-refractivity contribution in [3.05, 3.63) is 81.6 Å². The summed E-state index contributed by atoms with van der Waals surface area (Å²) in [5.41, 5.74) is 4.41. The predicted molar refractivity (Wildman–Crippen MR) is 202 cm³/mol. The van der Waals surface area contributed by atoms with Crippen LogP contribution in [0.1, 0.15) is 74.5 Å². The van der Waals surface area contributed by atoms with Gasteiger partial charge in [-0.3, -0.25) is 9.78 Å². The summed E-state index contributed by atoms with van der Waals surface area (Å²) in [7, 11) is 0. The number of halogens is 2. The number of amides is 1. The molecule has 54 heavy (non-hydrogen) atoms. The van der Waals surface area contributed by atoms with Crippen LogP contribution in [-0.4, -0.2) is 103 Å². The number of rotatable bonds is 19. The Kier molecular flexibility index (Phi) is 13.5. The number of aliphatic hydroxyl groups is 4. The fourth-order valence-electron chi connectivity index (χ4n) is 6.95. The van der Waals surface area contributed by atoms with E-state index in [0.717, 1.165) is 65.7 Å². The van der Waals surface area contributed by atoms with Crippen LogP contribution in [0.15, 0.2) is 54.9 Å². The van der Waals surface area contributed by atoms with Crippen LogP contribution in [0.25, 0.3) is 11.1 Å². The largest absolute Gasteiger partial charge is 0.490 e. The van der Waals surface area contributed by atoms with Crippen LogP contribution in [0, 0.1) is 0 Å². The van der Waals surface area contributed by atoms with Crippen LogP contribution < -0.4 is 10.1 Å². The van der Waals surface area contributed by atoms with Crippen molar-refractivity contribution in [1.29, 1.82) is 0 Å². The zero-order chi connectivity index (χ0) is 38.4. The third-order valence-corrected chi connectivity index (χ3v) is 11.3. The highest BCUT2D eigenvalue weighted by molar-refractivity contribution is 6.34. The summed E-state index contributed by atoms with van der Waals surface area (Å²) < 4.78 is 12.8. The summed E-state index contributed by atoms with van der Waals surface area (Å²) >= 11 is 13.5. The normalized spacial score (nSPS) is 19.2. The first-order chi connectivity index (χ1) is 26.0. The monoisotopic (exact) mass is 785 g/mol. The molecule has 6 N–H and O–H groups in total. The van der Waals surface area contributed by atoms with Gasteiger partial charge in [-0.2, -0.15) is 0 Å². The number of para-hydroxylation sites is 1. The first-order valence-electron chi connectivity index (χ1n) is 18.7. The summed E-state index contributed by atoms with van der Waals surface area (Å²) in [5.74, 6) is -0.752. The van der Waals surface area contributed by atoms with E-state index >= 15 is 0 Å². The number of hydrogen-bond acceptors (Lipinski definition) is 10. The molecule has 3 fully saturated rings. The number of pyridine rings is 1. The van der Waals surface area contributed by atoms with E-state index in [1.54, 1.807) is 6.20 Å². The van der Waals surface area contributed by atoms with Crippen molar-refractivity contribution < 1.29 is 44.6 Å². The molecule has 1 aliphatic heterocycles. The van der Waals surface area contributed by atoms with Crippen LogP contribution in [0.4, 0.5) is 0 Å². The Hall–Kier alpha value is -3.33. The molecule has 2 aliphatic carbocycles.